The lowest BCUT2D eigenvalue weighted by Crippen LogP contribution is -2.08. The number of carboxylic acid groups (broad SMARTS) is 1. The van der Waals surface area contributed by atoms with Gasteiger partial charge >= 0.3 is 5.97 Å². The van der Waals surface area contributed by atoms with Gasteiger partial charge in [0.1, 0.15) is 29.2 Å². The molecule has 0 saturated carbocycles. The Morgan fingerprint density at radius 3 is 2.84 bits per heavy atom. The number of hydrogen-bond donors (Lipinski definition) is 2. The highest BCUT2D eigenvalue weighted by Crippen LogP contribution is 2.33. The molecule has 0 fully saturated rings. The molecule has 2 N–H and O–H groups in total. The van der Waals surface area contributed by atoms with Gasteiger partial charge in [-0.1, -0.05) is 6.07 Å². The molecule has 32 heavy (non-hydrogen) atoms. The molecule has 4 aromatic rings. The fourth-order valence-corrected chi connectivity index (χ4v) is 4.36. The normalized spacial score (nSPS) is 10.8. The van der Waals surface area contributed by atoms with Crippen LogP contribution in [0.1, 0.15) is 22.8 Å². The zero-order chi connectivity index (χ0) is 22.5. The van der Waals surface area contributed by atoms with E-state index in [-0.39, 0.29) is 5.56 Å². The molecule has 0 aliphatic heterocycles. The van der Waals surface area contributed by atoms with E-state index in [1.807, 2.05) is 6.92 Å². The standard InChI is InChI=1S/C24H23N3O4S/c1-3-31-23-17(5-4-6-18(23)24(28)29)19-12-22(27-14-26-19)25-9-7-15-11-16-8-10-32-21(16)13-20(15)30-2/h4-6,8,10-14H,3,7,9H2,1-2H3,(H,28,29)(H,25,26,27). The number of rotatable bonds is 9. The minimum atomic E-state index is -1.04. The summed E-state index contributed by atoms with van der Waals surface area (Å²) in [5.41, 5.74) is 2.43. The monoisotopic (exact) mass is 449 g/mol. The van der Waals surface area contributed by atoms with Crippen LogP contribution in [-0.4, -0.2) is 41.3 Å². The van der Waals surface area contributed by atoms with Gasteiger partial charge in [-0.3, -0.25) is 0 Å². The Kier molecular flexibility index (Phi) is 6.51. The molecular weight excluding hydrogens is 426 g/mol. The summed E-state index contributed by atoms with van der Waals surface area (Å²) < 4.78 is 12.4. The van der Waals surface area contributed by atoms with Gasteiger partial charge in [-0.05, 0) is 60.0 Å². The predicted molar refractivity (Wildman–Crippen MR) is 126 cm³/mol. The molecule has 0 aliphatic carbocycles. The van der Waals surface area contributed by atoms with Gasteiger partial charge < -0.3 is 19.9 Å². The molecule has 164 valence electrons. The van der Waals surface area contributed by atoms with Crippen molar-refractivity contribution in [1.29, 1.82) is 0 Å². The maximum atomic E-state index is 11.6. The number of aromatic nitrogens is 2. The Bertz CT molecular complexity index is 1260. The summed E-state index contributed by atoms with van der Waals surface area (Å²) in [7, 11) is 1.68. The molecule has 0 aliphatic rings. The van der Waals surface area contributed by atoms with Gasteiger partial charge in [-0.2, -0.15) is 0 Å². The largest absolute Gasteiger partial charge is 0.496 e. The van der Waals surface area contributed by atoms with E-state index >= 15 is 0 Å². The second-order valence-corrected chi connectivity index (χ2v) is 7.96. The molecule has 0 amide bonds. The Morgan fingerprint density at radius 1 is 1.19 bits per heavy atom. The lowest BCUT2D eigenvalue weighted by molar-refractivity contribution is 0.0692. The molecular formula is C24H23N3O4S. The molecule has 2 heterocycles. The van der Waals surface area contributed by atoms with E-state index in [1.54, 1.807) is 36.6 Å². The number of para-hydroxylation sites is 1. The van der Waals surface area contributed by atoms with E-state index in [0.29, 0.717) is 36.0 Å². The number of fused-ring (bicyclic) bond motifs is 1. The third-order valence-corrected chi connectivity index (χ3v) is 5.91. The van der Waals surface area contributed by atoms with Gasteiger partial charge in [0.25, 0.3) is 0 Å². The van der Waals surface area contributed by atoms with Crippen LogP contribution in [0.5, 0.6) is 11.5 Å². The minimum Gasteiger partial charge on any atom is -0.496 e. The van der Waals surface area contributed by atoms with E-state index in [1.165, 1.54) is 22.5 Å². The van der Waals surface area contributed by atoms with Crippen LogP contribution in [0.4, 0.5) is 5.82 Å². The van der Waals surface area contributed by atoms with Gasteiger partial charge in [-0.15, -0.1) is 11.3 Å². The number of benzene rings is 2. The fourth-order valence-electron chi connectivity index (χ4n) is 3.56. The number of nitrogens with one attached hydrogen (secondary N) is 1. The zero-order valence-electron chi connectivity index (χ0n) is 17.8. The van der Waals surface area contributed by atoms with Crippen LogP contribution in [0.25, 0.3) is 21.3 Å². The van der Waals surface area contributed by atoms with Crippen LogP contribution in [0.3, 0.4) is 0 Å². The van der Waals surface area contributed by atoms with Gasteiger partial charge in [0, 0.05) is 22.9 Å². The summed E-state index contributed by atoms with van der Waals surface area (Å²) in [5, 5.41) is 16.1. The molecule has 0 unspecified atom stereocenters. The van der Waals surface area contributed by atoms with Crippen molar-refractivity contribution in [2.45, 2.75) is 13.3 Å². The summed E-state index contributed by atoms with van der Waals surface area (Å²) >= 11 is 1.69. The third kappa shape index (κ3) is 4.50. The Labute approximate surface area is 189 Å². The molecule has 4 rings (SSSR count). The van der Waals surface area contributed by atoms with Crippen molar-refractivity contribution in [3.05, 3.63) is 65.3 Å². The molecule has 0 saturated heterocycles. The highest BCUT2D eigenvalue weighted by Gasteiger charge is 2.17. The molecule has 0 radical (unpaired) electrons. The van der Waals surface area contributed by atoms with E-state index < -0.39 is 5.97 Å². The number of ether oxygens (including phenoxy) is 2. The second kappa shape index (κ2) is 9.65. The Balaban J connectivity index is 1.54. The molecule has 2 aromatic heterocycles. The molecule has 7 nitrogen and oxygen atoms in total. The molecule has 0 spiro atoms. The van der Waals surface area contributed by atoms with Crippen LogP contribution in [0, 0.1) is 0 Å². The van der Waals surface area contributed by atoms with Crippen molar-refractivity contribution in [2.24, 2.45) is 0 Å². The quantitative estimate of drug-likeness (QED) is 0.366. The Hall–Kier alpha value is -3.65. The summed E-state index contributed by atoms with van der Waals surface area (Å²) in [6.07, 6.45) is 2.21. The highest BCUT2D eigenvalue weighted by molar-refractivity contribution is 7.17. The maximum absolute atomic E-state index is 11.6. The minimum absolute atomic E-state index is 0.105. The molecule has 2 aromatic carbocycles. The lowest BCUT2D eigenvalue weighted by atomic mass is 10.1. The summed E-state index contributed by atoms with van der Waals surface area (Å²) in [4.78, 5) is 20.2. The topological polar surface area (TPSA) is 93.6 Å². The number of thiophene rings is 1. The highest BCUT2D eigenvalue weighted by atomic mass is 32.1. The first kappa shape index (κ1) is 21.6. The SMILES string of the molecule is CCOc1c(C(=O)O)cccc1-c1cc(NCCc2cc3ccsc3cc2OC)ncn1. The predicted octanol–water partition coefficient (Wildman–Crippen LogP) is 5.12. The van der Waals surface area contributed by atoms with Crippen molar-refractivity contribution in [3.8, 4) is 22.8 Å². The number of carbonyl (C=O) groups is 1. The number of aromatic carboxylic acids is 1. The maximum Gasteiger partial charge on any atom is 0.339 e. The summed E-state index contributed by atoms with van der Waals surface area (Å²) in [6.45, 7) is 2.82. The first-order valence-corrected chi connectivity index (χ1v) is 11.1. The van der Waals surface area contributed by atoms with E-state index in [0.717, 1.165) is 17.7 Å². The molecule has 0 bridgehead atoms. The number of nitrogens with zero attached hydrogens (tertiary/aromatic N) is 2. The van der Waals surface area contributed by atoms with Crippen LogP contribution in [0.15, 0.2) is 54.2 Å². The van der Waals surface area contributed by atoms with Gasteiger partial charge in [-0.25, -0.2) is 14.8 Å². The summed E-state index contributed by atoms with van der Waals surface area (Å²) in [6, 6.07) is 13.1. The van der Waals surface area contributed by atoms with Crippen LogP contribution >= 0.6 is 11.3 Å². The average molecular weight is 450 g/mol. The lowest BCUT2D eigenvalue weighted by Gasteiger charge is -2.13. The third-order valence-electron chi connectivity index (χ3n) is 5.03. The van der Waals surface area contributed by atoms with Crippen molar-refractivity contribution >= 4 is 33.2 Å². The van der Waals surface area contributed by atoms with Crippen LogP contribution in [0.2, 0.25) is 0 Å². The average Bonchev–Trinajstić information content (AvgIpc) is 3.26. The van der Waals surface area contributed by atoms with Crippen LogP contribution in [-0.2, 0) is 6.42 Å². The molecule has 0 atom stereocenters. The van der Waals surface area contributed by atoms with Gasteiger partial charge in [0.15, 0.2) is 0 Å². The van der Waals surface area contributed by atoms with Crippen molar-refractivity contribution in [1.82, 2.24) is 9.97 Å². The Morgan fingerprint density at radius 2 is 2.06 bits per heavy atom. The summed E-state index contributed by atoms with van der Waals surface area (Å²) in [5.74, 6) is 0.783. The molecule has 8 heteroatoms. The van der Waals surface area contributed by atoms with Crippen molar-refractivity contribution in [2.75, 3.05) is 25.6 Å². The van der Waals surface area contributed by atoms with E-state index in [4.69, 9.17) is 9.47 Å². The van der Waals surface area contributed by atoms with Gasteiger partial charge in [0.2, 0.25) is 0 Å². The zero-order valence-corrected chi connectivity index (χ0v) is 18.6. The number of anilines is 1. The van der Waals surface area contributed by atoms with Crippen LogP contribution < -0.4 is 14.8 Å². The van der Waals surface area contributed by atoms with Gasteiger partial charge in [0.05, 0.1) is 19.4 Å². The number of hydrogen-bond acceptors (Lipinski definition) is 7. The van der Waals surface area contributed by atoms with Crippen molar-refractivity contribution in [3.63, 3.8) is 0 Å². The second-order valence-electron chi connectivity index (χ2n) is 7.01. The number of carboxylic acids is 1. The first-order chi connectivity index (χ1) is 15.6. The fraction of sp³-hybridized carbons (Fsp3) is 0.208. The smallest absolute Gasteiger partial charge is 0.339 e. The van der Waals surface area contributed by atoms with Crippen molar-refractivity contribution < 1.29 is 19.4 Å². The number of methoxy groups -OCH3 is 1. The van der Waals surface area contributed by atoms with E-state index in [2.05, 4.69) is 38.9 Å². The first-order valence-electron chi connectivity index (χ1n) is 10.2. The van der Waals surface area contributed by atoms with E-state index in [9.17, 15) is 9.90 Å².